The normalized spacial score (nSPS) is 21.9. The van der Waals surface area contributed by atoms with Gasteiger partial charge in [0.2, 0.25) is 0 Å². The molecule has 0 aromatic heterocycles. The van der Waals surface area contributed by atoms with Gasteiger partial charge in [-0.2, -0.15) is 0 Å². The SMILES string of the molecule is CC(C)(C)OC(=O)N[C@@H]1CCN(c2ccc(CO)cc2)C[C@H]1O. The van der Waals surface area contributed by atoms with E-state index in [-0.39, 0.29) is 12.6 Å². The number of rotatable bonds is 3. The van der Waals surface area contributed by atoms with E-state index >= 15 is 0 Å². The number of benzene rings is 1. The number of carbonyl (C=O) groups is 1. The Balaban J connectivity index is 1.90. The number of amides is 1. The van der Waals surface area contributed by atoms with Crippen molar-refractivity contribution in [2.24, 2.45) is 0 Å². The van der Waals surface area contributed by atoms with Gasteiger partial charge in [-0.25, -0.2) is 4.79 Å². The lowest BCUT2D eigenvalue weighted by Gasteiger charge is -2.37. The van der Waals surface area contributed by atoms with Crippen LogP contribution in [0.5, 0.6) is 0 Å². The molecule has 6 nitrogen and oxygen atoms in total. The minimum Gasteiger partial charge on any atom is -0.444 e. The molecule has 0 unspecified atom stereocenters. The molecule has 0 aliphatic carbocycles. The van der Waals surface area contributed by atoms with Gasteiger partial charge in [0, 0.05) is 18.8 Å². The molecule has 1 aliphatic rings. The summed E-state index contributed by atoms with van der Waals surface area (Å²) in [6.07, 6.45) is -0.515. The Morgan fingerprint density at radius 1 is 1.35 bits per heavy atom. The van der Waals surface area contributed by atoms with Crippen LogP contribution < -0.4 is 10.2 Å². The summed E-state index contributed by atoms with van der Waals surface area (Å²) < 4.78 is 5.23. The van der Waals surface area contributed by atoms with Crippen molar-refractivity contribution in [1.82, 2.24) is 5.32 Å². The number of alkyl carbamates (subject to hydrolysis) is 1. The topological polar surface area (TPSA) is 82.0 Å². The van der Waals surface area contributed by atoms with Crippen molar-refractivity contribution < 1.29 is 19.7 Å². The predicted octanol–water partition coefficient (Wildman–Crippen LogP) is 1.64. The summed E-state index contributed by atoms with van der Waals surface area (Å²) in [4.78, 5) is 13.9. The predicted molar refractivity (Wildman–Crippen MR) is 88.4 cm³/mol. The molecule has 0 radical (unpaired) electrons. The van der Waals surface area contributed by atoms with E-state index in [1.165, 1.54) is 0 Å². The summed E-state index contributed by atoms with van der Waals surface area (Å²) in [5, 5.41) is 22.1. The van der Waals surface area contributed by atoms with Crippen LogP contribution in [0.3, 0.4) is 0 Å². The molecule has 0 bridgehead atoms. The van der Waals surface area contributed by atoms with Crippen molar-refractivity contribution in [3.63, 3.8) is 0 Å². The zero-order chi connectivity index (χ0) is 17.0. The second-order valence-electron chi connectivity index (χ2n) is 6.88. The molecule has 128 valence electrons. The summed E-state index contributed by atoms with van der Waals surface area (Å²) in [6, 6.07) is 7.29. The first kappa shape index (κ1) is 17.6. The molecule has 1 amide bonds. The molecule has 2 atom stereocenters. The van der Waals surface area contributed by atoms with Crippen molar-refractivity contribution in [3.05, 3.63) is 29.8 Å². The Morgan fingerprint density at radius 3 is 2.52 bits per heavy atom. The Morgan fingerprint density at radius 2 is 2.00 bits per heavy atom. The molecule has 0 saturated carbocycles. The van der Waals surface area contributed by atoms with Gasteiger partial charge < -0.3 is 25.2 Å². The molecule has 3 N–H and O–H groups in total. The van der Waals surface area contributed by atoms with Crippen molar-refractivity contribution in [2.75, 3.05) is 18.0 Å². The number of hydrogen-bond donors (Lipinski definition) is 3. The quantitative estimate of drug-likeness (QED) is 0.788. The number of nitrogens with one attached hydrogen (secondary N) is 1. The number of anilines is 1. The maximum absolute atomic E-state index is 11.8. The highest BCUT2D eigenvalue weighted by Crippen LogP contribution is 2.21. The summed E-state index contributed by atoms with van der Waals surface area (Å²) in [5.41, 5.74) is 1.30. The first-order chi connectivity index (χ1) is 10.8. The lowest BCUT2D eigenvalue weighted by atomic mass is 10.0. The molecule has 1 fully saturated rings. The molecule has 1 aromatic carbocycles. The largest absolute Gasteiger partial charge is 0.444 e. The highest BCUT2D eigenvalue weighted by molar-refractivity contribution is 5.68. The van der Waals surface area contributed by atoms with Gasteiger partial charge >= 0.3 is 6.09 Å². The third kappa shape index (κ3) is 5.11. The minimum atomic E-state index is -0.659. The summed E-state index contributed by atoms with van der Waals surface area (Å²) in [7, 11) is 0. The molecule has 23 heavy (non-hydrogen) atoms. The molecular weight excluding hydrogens is 296 g/mol. The van der Waals surface area contributed by atoms with Crippen LogP contribution >= 0.6 is 0 Å². The van der Waals surface area contributed by atoms with Gasteiger partial charge in [-0.1, -0.05) is 12.1 Å². The second kappa shape index (κ2) is 7.19. The first-order valence-electron chi connectivity index (χ1n) is 7.91. The number of β-amino-alcohol motifs (C(OH)–C–C–N with tert-alkyl or cyclic N) is 1. The monoisotopic (exact) mass is 322 g/mol. The number of ether oxygens (including phenoxy) is 1. The third-order valence-corrected chi connectivity index (χ3v) is 3.77. The van der Waals surface area contributed by atoms with E-state index in [4.69, 9.17) is 9.84 Å². The Kier molecular flexibility index (Phi) is 5.49. The highest BCUT2D eigenvalue weighted by atomic mass is 16.6. The number of nitrogens with zero attached hydrogens (tertiary/aromatic N) is 1. The summed E-state index contributed by atoms with van der Waals surface area (Å²) >= 11 is 0. The van der Waals surface area contributed by atoms with Crippen molar-refractivity contribution >= 4 is 11.8 Å². The van der Waals surface area contributed by atoms with Crippen molar-refractivity contribution in [1.29, 1.82) is 0 Å². The van der Waals surface area contributed by atoms with Gasteiger partial charge in [0.15, 0.2) is 0 Å². The van der Waals surface area contributed by atoms with E-state index in [9.17, 15) is 9.90 Å². The summed E-state index contributed by atoms with van der Waals surface area (Å²) in [6.45, 7) is 6.62. The van der Waals surface area contributed by atoms with Crippen LogP contribution in [0.4, 0.5) is 10.5 Å². The summed E-state index contributed by atoms with van der Waals surface area (Å²) in [5.74, 6) is 0. The number of aliphatic hydroxyl groups is 2. The van der Waals surface area contributed by atoms with E-state index in [1.807, 2.05) is 45.0 Å². The number of carbonyl (C=O) groups excluding carboxylic acids is 1. The van der Waals surface area contributed by atoms with Gasteiger partial charge in [-0.05, 0) is 44.9 Å². The van der Waals surface area contributed by atoms with E-state index < -0.39 is 17.8 Å². The van der Waals surface area contributed by atoms with Crippen LogP contribution in [0.15, 0.2) is 24.3 Å². The van der Waals surface area contributed by atoms with Gasteiger partial charge in [-0.15, -0.1) is 0 Å². The number of aliphatic hydroxyl groups excluding tert-OH is 2. The Labute approximate surface area is 137 Å². The number of hydrogen-bond acceptors (Lipinski definition) is 5. The van der Waals surface area contributed by atoms with Crippen LogP contribution in [0.1, 0.15) is 32.8 Å². The molecule has 1 aliphatic heterocycles. The average molecular weight is 322 g/mol. The first-order valence-corrected chi connectivity index (χ1v) is 7.91. The molecule has 0 spiro atoms. The van der Waals surface area contributed by atoms with Crippen molar-refractivity contribution in [3.8, 4) is 0 Å². The number of piperidine rings is 1. The van der Waals surface area contributed by atoms with Crippen LogP contribution in [0.2, 0.25) is 0 Å². The fourth-order valence-electron chi connectivity index (χ4n) is 2.61. The highest BCUT2D eigenvalue weighted by Gasteiger charge is 2.30. The van der Waals surface area contributed by atoms with Crippen LogP contribution in [0, 0.1) is 0 Å². The van der Waals surface area contributed by atoms with Gasteiger partial charge in [-0.3, -0.25) is 0 Å². The maximum atomic E-state index is 11.8. The third-order valence-electron chi connectivity index (χ3n) is 3.77. The van der Waals surface area contributed by atoms with E-state index in [1.54, 1.807) is 0 Å². The Hall–Kier alpha value is -1.79. The van der Waals surface area contributed by atoms with Crippen molar-refractivity contribution in [2.45, 2.75) is 51.5 Å². The zero-order valence-electron chi connectivity index (χ0n) is 14.0. The van der Waals surface area contributed by atoms with Crippen LogP contribution in [-0.2, 0) is 11.3 Å². The molecule has 2 rings (SSSR count). The second-order valence-corrected chi connectivity index (χ2v) is 6.88. The fourth-order valence-corrected chi connectivity index (χ4v) is 2.61. The van der Waals surface area contributed by atoms with Gasteiger partial charge in [0.1, 0.15) is 5.60 Å². The molecule has 1 saturated heterocycles. The van der Waals surface area contributed by atoms with Gasteiger partial charge in [0.05, 0.1) is 18.8 Å². The molecule has 1 aromatic rings. The minimum absolute atomic E-state index is 0.0186. The molecular formula is C17H26N2O4. The maximum Gasteiger partial charge on any atom is 0.407 e. The lowest BCUT2D eigenvalue weighted by Crippen LogP contribution is -2.54. The standard InChI is InChI=1S/C17H26N2O4/c1-17(2,3)23-16(22)18-14-8-9-19(10-15(14)21)13-6-4-12(11-20)5-7-13/h4-7,14-15,20-21H,8-11H2,1-3H3,(H,18,22)/t14-,15-/m1/s1. The zero-order valence-corrected chi connectivity index (χ0v) is 14.0. The average Bonchev–Trinajstić information content (AvgIpc) is 2.47. The van der Waals surface area contributed by atoms with Crippen LogP contribution in [-0.4, -0.2) is 47.1 Å². The Bertz CT molecular complexity index is 524. The van der Waals surface area contributed by atoms with E-state index in [2.05, 4.69) is 10.2 Å². The fraction of sp³-hybridized carbons (Fsp3) is 0.588. The van der Waals surface area contributed by atoms with E-state index in [0.29, 0.717) is 13.0 Å². The smallest absolute Gasteiger partial charge is 0.407 e. The van der Waals surface area contributed by atoms with E-state index in [0.717, 1.165) is 17.8 Å². The van der Waals surface area contributed by atoms with Gasteiger partial charge in [0.25, 0.3) is 0 Å². The van der Waals surface area contributed by atoms with Crippen LogP contribution in [0.25, 0.3) is 0 Å². The molecule has 6 heteroatoms. The lowest BCUT2D eigenvalue weighted by molar-refractivity contribution is 0.0402. The molecule has 1 heterocycles.